The summed E-state index contributed by atoms with van der Waals surface area (Å²) in [4.78, 5) is 0. The lowest BCUT2D eigenvalue weighted by atomic mass is 9.93. The Bertz CT molecular complexity index is 818. The Hall–Kier alpha value is -1.94. The van der Waals surface area contributed by atoms with Crippen LogP contribution in [0.15, 0.2) is 36.8 Å². The topological polar surface area (TPSA) is 53.5 Å². The van der Waals surface area contributed by atoms with E-state index < -0.39 is 8.37 Å². The summed E-state index contributed by atoms with van der Waals surface area (Å²) >= 11 is 0. The quantitative estimate of drug-likeness (QED) is 0.558. The van der Waals surface area contributed by atoms with Crippen LogP contribution in [-0.2, 0) is 16.2 Å². The summed E-state index contributed by atoms with van der Waals surface area (Å²) in [6, 6.07) is 6.28. The van der Waals surface area contributed by atoms with E-state index in [0.29, 0.717) is 0 Å². The van der Waals surface area contributed by atoms with Crippen LogP contribution in [0.3, 0.4) is 0 Å². The molecule has 0 atom stereocenters. The summed E-state index contributed by atoms with van der Waals surface area (Å²) in [5.74, 6) is 0. The molecule has 0 aliphatic rings. The maximum absolute atomic E-state index is 4.90. The summed E-state index contributed by atoms with van der Waals surface area (Å²) < 4.78 is 6.03. The molecule has 3 aromatic heterocycles. The van der Waals surface area contributed by atoms with Gasteiger partial charge in [0.25, 0.3) is 8.37 Å². The Morgan fingerprint density at radius 3 is 0.964 bits per heavy atom. The molecule has 3 heterocycles. The van der Waals surface area contributed by atoms with Gasteiger partial charge in [0.15, 0.2) is 0 Å². The molecule has 7 heteroatoms. The average Bonchev–Trinajstić information content (AvgIpc) is 3.26. The third kappa shape index (κ3) is 4.22. The SMILES string of the molecule is CC(C)(C)c1ccn(P(n2ccc(C(C)(C)C)n2)n2ccc(C(C)(C)C)n2)n1. The first-order chi connectivity index (χ1) is 12.8. The van der Waals surface area contributed by atoms with Crippen LogP contribution in [0.4, 0.5) is 0 Å². The number of hydrogen-bond donors (Lipinski definition) is 0. The molecule has 0 saturated carbocycles. The van der Waals surface area contributed by atoms with Crippen molar-refractivity contribution < 1.29 is 0 Å². The van der Waals surface area contributed by atoms with E-state index in [2.05, 4.69) is 80.5 Å². The Morgan fingerprint density at radius 1 is 0.536 bits per heavy atom. The summed E-state index contributed by atoms with van der Waals surface area (Å²) in [7, 11) is -1.11. The monoisotopic (exact) mass is 400 g/mol. The molecule has 0 aliphatic heterocycles. The van der Waals surface area contributed by atoms with Gasteiger partial charge in [-0.2, -0.15) is 15.3 Å². The second kappa shape index (κ2) is 6.84. The summed E-state index contributed by atoms with van der Waals surface area (Å²) in [6.45, 7) is 19.6. The minimum atomic E-state index is -1.11. The maximum Gasteiger partial charge on any atom is 0.271 e. The first-order valence-corrected chi connectivity index (χ1v) is 11.0. The van der Waals surface area contributed by atoms with Gasteiger partial charge in [-0.05, 0) is 18.2 Å². The fourth-order valence-corrected chi connectivity index (χ4v) is 4.37. The number of hydrogen-bond acceptors (Lipinski definition) is 3. The van der Waals surface area contributed by atoms with Crippen LogP contribution < -0.4 is 0 Å². The van der Waals surface area contributed by atoms with Gasteiger partial charge in [0.1, 0.15) is 0 Å². The van der Waals surface area contributed by atoms with Crippen molar-refractivity contribution in [2.75, 3.05) is 0 Å². The summed E-state index contributed by atoms with van der Waals surface area (Å²) in [5.41, 5.74) is 3.17. The zero-order chi connectivity index (χ0) is 20.9. The van der Waals surface area contributed by atoms with Crippen LogP contribution in [-0.4, -0.2) is 28.7 Å². The van der Waals surface area contributed by atoms with Gasteiger partial charge in [-0.1, -0.05) is 62.3 Å². The minimum Gasteiger partial charge on any atom is -0.210 e. The highest BCUT2D eigenvalue weighted by Gasteiger charge is 2.27. The molecule has 0 aliphatic carbocycles. The predicted octanol–water partition coefficient (Wildman–Crippen LogP) is 5.34. The molecule has 0 bridgehead atoms. The molecule has 0 spiro atoms. The van der Waals surface area contributed by atoms with Gasteiger partial charge in [-0.15, -0.1) is 0 Å². The van der Waals surface area contributed by atoms with Gasteiger partial charge < -0.3 is 0 Å². The molecule has 3 rings (SSSR count). The normalized spacial score (nSPS) is 13.5. The second-order valence-corrected chi connectivity index (χ2v) is 12.1. The molecular weight excluding hydrogens is 367 g/mol. The number of aromatic nitrogens is 6. The van der Waals surface area contributed by atoms with E-state index in [1.54, 1.807) is 0 Å². The van der Waals surface area contributed by atoms with Crippen molar-refractivity contribution in [3.63, 3.8) is 0 Å². The molecule has 152 valence electrons. The third-order valence-electron chi connectivity index (χ3n) is 4.58. The van der Waals surface area contributed by atoms with Crippen molar-refractivity contribution >= 4 is 8.37 Å². The van der Waals surface area contributed by atoms with Crippen LogP contribution in [0.5, 0.6) is 0 Å². The fourth-order valence-electron chi connectivity index (χ4n) is 2.72. The van der Waals surface area contributed by atoms with E-state index in [1.807, 2.05) is 31.9 Å². The van der Waals surface area contributed by atoms with Crippen LogP contribution in [0.2, 0.25) is 0 Å². The van der Waals surface area contributed by atoms with Crippen molar-refractivity contribution in [1.29, 1.82) is 0 Å². The minimum absolute atomic E-state index is 0.00632. The molecule has 0 radical (unpaired) electrons. The summed E-state index contributed by atoms with van der Waals surface area (Å²) in [5, 5.41) is 14.7. The summed E-state index contributed by atoms with van der Waals surface area (Å²) in [6.07, 6.45) is 6.13. The fraction of sp³-hybridized carbons (Fsp3) is 0.571. The van der Waals surface area contributed by atoms with Gasteiger partial charge in [0.2, 0.25) is 0 Å². The van der Waals surface area contributed by atoms with E-state index in [-0.39, 0.29) is 16.2 Å². The number of nitrogens with zero attached hydrogens (tertiary/aromatic N) is 6. The zero-order valence-electron chi connectivity index (χ0n) is 18.6. The Morgan fingerprint density at radius 2 is 0.786 bits per heavy atom. The van der Waals surface area contributed by atoms with Crippen LogP contribution >= 0.6 is 8.37 Å². The first kappa shape index (κ1) is 20.8. The van der Waals surface area contributed by atoms with E-state index in [0.717, 1.165) is 17.1 Å². The highest BCUT2D eigenvalue weighted by molar-refractivity contribution is 7.52. The van der Waals surface area contributed by atoms with Gasteiger partial charge in [0, 0.05) is 34.8 Å². The molecule has 0 unspecified atom stereocenters. The molecule has 0 fully saturated rings. The lowest BCUT2D eigenvalue weighted by molar-refractivity contribution is 0.557. The maximum atomic E-state index is 4.90. The van der Waals surface area contributed by atoms with Crippen LogP contribution in [0, 0.1) is 0 Å². The highest BCUT2D eigenvalue weighted by atomic mass is 31.1. The molecule has 0 aromatic carbocycles. The molecule has 0 saturated heterocycles. The number of rotatable bonds is 3. The first-order valence-electron chi connectivity index (χ1n) is 9.76. The lowest BCUT2D eigenvalue weighted by Gasteiger charge is -2.20. The van der Waals surface area contributed by atoms with E-state index in [4.69, 9.17) is 15.3 Å². The molecular formula is C21H33N6P. The zero-order valence-corrected chi connectivity index (χ0v) is 19.5. The average molecular weight is 401 g/mol. The van der Waals surface area contributed by atoms with Crippen molar-refractivity contribution in [3.05, 3.63) is 53.9 Å². The Balaban J connectivity index is 2.10. The third-order valence-corrected chi connectivity index (χ3v) is 6.35. The predicted molar refractivity (Wildman–Crippen MR) is 116 cm³/mol. The van der Waals surface area contributed by atoms with E-state index in [1.165, 1.54) is 0 Å². The molecule has 6 nitrogen and oxygen atoms in total. The molecule has 0 amide bonds. The largest absolute Gasteiger partial charge is 0.271 e. The van der Waals surface area contributed by atoms with Gasteiger partial charge in [-0.3, -0.25) is 0 Å². The van der Waals surface area contributed by atoms with Crippen molar-refractivity contribution in [2.24, 2.45) is 0 Å². The molecule has 0 N–H and O–H groups in total. The van der Waals surface area contributed by atoms with Crippen LogP contribution in [0.25, 0.3) is 0 Å². The molecule has 3 aromatic rings. The van der Waals surface area contributed by atoms with Crippen LogP contribution in [0.1, 0.15) is 79.4 Å². The Kier molecular flexibility index (Phi) is 5.08. The highest BCUT2D eigenvalue weighted by Crippen LogP contribution is 2.41. The van der Waals surface area contributed by atoms with E-state index in [9.17, 15) is 0 Å². The van der Waals surface area contributed by atoms with Gasteiger partial charge in [-0.25, -0.2) is 13.4 Å². The van der Waals surface area contributed by atoms with Crippen molar-refractivity contribution in [2.45, 2.75) is 78.6 Å². The van der Waals surface area contributed by atoms with Gasteiger partial charge >= 0.3 is 0 Å². The Labute approximate surface area is 169 Å². The van der Waals surface area contributed by atoms with Gasteiger partial charge in [0.05, 0.1) is 17.1 Å². The molecule has 28 heavy (non-hydrogen) atoms. The van der Waals surface area contributed by atoms with E-state index >= 15 is 0 Å². The van der Waals surface area contributed by atoms with Crippen molar-refractivity contribution in [1.82, 2.24) is 28.7 Å². The van der Waals surface area contributed by atoms with Crippen molar-refractivity contribution in [3.8, 4) is 0 Å². The second-order valence-electron chi connectivity index (χ2n) is 10.4. The smallest absolute Gasteiger partial charge is 0.210 e. The lowest BCUT2D eigenvalue weighted by Crippen LogP contribution is -2.17. The standard InChI is InChI=1S/C21H33N6P/c1-19(2,3)16-10-13-25(22-16)28(26-14-11-17(23-26)20(4,5)6)27-15-12-18(24-27)21(7,8)9/h10-15H,1-9H3.